The Morgan fingerprint density at radius 2 is 1.65 bits per heavy atom. The van der Waals surface area contributed by atoms with Crippen LogP contribution in [0, 0.1) is 27.7 Å². The fraction of sp³-hybridized carbons (Fsp3) is 0.379. The van der Waals surface area contributed by atoms with Gasteiger partial charge in [-0.25, -0.2) is 13.2 Å². The van der Waals surface area contributed by atoms with E-state index in [4.69, 9.17) is 4.74 Å². The molecule has 0 fully saturated rings. The monoisotopic (exact) mass is 522 g/mol. The maximum absolute atomic E-state index is 13.1. The summed E-state index contributed by atoms with van der Waals surface area (Å²) in [5.41, 5.74) is 7.29. The lowest BCUT2D eigenvalue weighted by Crippen LogP contribution is -2.35. The topological polar surface area (TPSA) is 96.8 Å². The van der Waals surface area contributed by atoms with Crippen molar-refractivity contribution in [3.8, 4) is 22.4 Å². The Morgan fingerprint density at radius 1 is 1.03 bits per heavy atom. The van der Waals surface area contributed by atoms with Crippen LogP contribution in [0.5, 0.6) is 0 Å². The predicted octanol–water partition coefficient (Wildman–Crippen LogP) is 5.87. The number of aryl methyl sites for hydroxylation is 2. The molecule has 196 valence electrons. The minimum absolute atomic E-state index is 0.127. The first-order chi connectivity index (χ1) is 17.1. The van der Waals surface area contributed by atoms with Crippen molar-refractivity contribution in [3.63, 3.8) is 0 Å². The molecule has 0 radical (unpaired) electrons. The van der Waals surface area contributed by atoms with Gasteiger partial charge in [-0.15, -0.1) is 0 Å². The van der Waals surface area contributed by atoms with E-state index in [-0.39, 0.29) is 6.54 Å². The summed E-state index contributed by atoms with van der Waals surface area (Å²) < 4.78 is 33.8. The Hall–Kier alpha value is -3.23. The number of carboxylic acid groups (broad SMARTS) is 1. The summed E-state index contributed by atoms with van der Waals surface area (Å²) in [6.45, 7) is 13.2. The van der Waals surface area contributed by atoms with Gasteiger partial charge in [0, 0.05) is 22.9 Å². The molecule has 0 amide bonds. The van der Waals surface area contributed by atoms with Gasteiger partial charge >= 0.3 is 5.97 Å². The lowest BCUT2D eigenvalue weighted by atomic mass is 9.81. The molecule has 1 aliphatic rings. The van der Waals surface area contributed by atoms with Crippen LogP contribution < -0.4 is 4.31 Å². The van der Waals surface area contributed by atoms with Crippen LogP contribution in [0.25, 0.3) is 22.4 Å². The Morgan fingerprint density at radius 3 is 2.19 bits per heavy atom. The van der Waals surface area contributed by atoms with Crippen molar-refractivity contribution in [1.29, 1.82) is 0 Å². The van der Waals surface area contributed by atoms with E-state index < -0.39 is 27.7 Å². The third-order valence-electron chi connectivity index (χ3n) is 6.79. The second kappa shape index (κ2) is 9.26. The van der Waals surface area contributed by atoms with Gasteiger partial charge in [-0.1, -0.05) is 29.8 Å². The number of anilines is 1. The Balaban J connectivity index is 2.22. The van der Waals surface area contributed by atoms with Gasteiger partial charge in [-0.3, -0.25) is 9.29 Å². The first kappa shape index (κ1) is 26.8. The van der Waals surface area contributed by atoms with Gasteiger partial charge < -0.3 is 9.84 Å². The van der Waals surface area contributed by atoms with Gasteiger partial charge in [-0.2, -0.15) is 0 Å². The molecule has 0 spiro atoms. The molecular weight excluding hydrogens is 488 g/mol. The van der Waals surface area contributed by atoms with Gasteiger partial charge in [0.2, 0.25) is 10.0 Å². The molecule has 2 aromatic carbocycles. The highest BCUT2D eigenvalue weighted by molar-refractivity contribution is 7.92. The van der Waals surface area contributed by atoms with Crippen LogP contribution in [0.2, 0.25) is 0 Å². The third kappa shape index (κ3) is 4.88. The molecule has 1 aromatic heterocycles. The fourth-order valence-electron chi connectivity index (χ4n) is 5.12. The number of hydrogen-bond acceptors (Lipinski definition) is 5. The summed E-state index contributed by atoms with van der Waals surface area (Å²) >= 11 is 0. The summed E-state index contributed by atoms with van der Waals surface area (Å²) in [5, 5.41) is 10.4. The van der Waals surface area contributed by atoms with Crippen molar-refractivity contribution in [2.24, 2.45) is 0 Å². The van der Waals surface area contributed by atoms with Gasteiger partial charge in [0.1, 0.15) is 0 Å². The minimum Gasteiger partial charge on any atom is -0.479 e. The average Bonchev–Trinajstić information content (AvgIpc) is 2.78. The average molecular weight is 523 g/mol. The second-order valence-corrected chi connectivity index (χ2v) is 12.7. The predicted molar refractivity (Wildman–Crippen MR) is 146 cm³/mol. The van der Waals surface area contributed by atoms with Gasteiger partial charge in [0.25, 0.3) is 0 Å². The highest BCUT2D eigenvalue weighted by atomic mass is 32.2. The van der Waals surface area contributed by atoms with Crippen LogP contribution in [0.15, 0.2) is 36.5 Å². The molecule has 1 N–H and O–H groups in total. The van der Waals surface area contributed by atoms with Crippen LogP contribution in [-0.2, 0) is 26.1 Å². The second-order valence-electron chi connectivity index (χ2n) is 10.8. The molecule has 3 aromatic rings. The zero-order valence-electron chi connectivity index (χ0n) is 22.6. The van der Waals surface area contributed by atoms with Gasteiger partial charge in [-0.05, 0) is 82.3 Å². The lowest BCUT2D eigenvalue weighted by Gasteiger charge is -2.37. The number of sulfonamides is 1. The molecule has 1 atom stereocenters. The smallest absolute Gasteiger partial charge is 0.337 e. The molecule has 8 heteroatoms. The van der Waals surface area contributed by atoms with Gasteiger partial charge in [0.15, 0.2) is 6.10 Å². The minimum atomic E-state index is -3.70. The molecule has 0 bridgehead atoms. The fourth-order valence-corrected chi connectivity index (χ4v) is 6.05. The Labute approximate surface area is 219 Å². The maximum Gasteiger partial charge on any atom is 0.337 e. The Bertz CT molecular complexity index is 1500. The summed E-state index contributed by atoms with van der Waals surface area (Å²) in [7, 11) is -3.70. The van der Waals surface area contributed by atoms with Crippen molar-refractivity contribution in [2.75, 3.05) is 10.6 Å². The van der Waals surface area contributed by atoms with E-state index in [9.17, 15) is 18.3 Å². The molecule has 0 aliphatic carbocycles. The number of carbonyl (C=O) groups is 1. The molecule has 2 heterocycles. The van der Waals surface area contributed by atoms with Crippen LogP contribution in [0.1, 0.15) is 60.3 Å². The van der Waals surface area contributed by atoms with E-state index in [1.807, 2.05) is 51.1 Å². The van der Waals surface area contributed by atoms with Crippen LogP contribution in [0.3, 0.4) is 0 Å². The Kier molecular flexibility index (Phi) is 6.71. The number of rotatable bonds is 5. The van der Waals surface area contributed by atoms with Crippen molar-refractivity contribution in [2.45, 2.75) is 66.7 Å². The van der Waals surface area contributed by atoms with E-state index in [1.54, 1.807) is 33.9 Å². The highest BCUT2D eigenvalue weighted by Crippen LogP contribution is 2.51. The highest BCUT2D eigenvalue weighted by Gasteiger charge is 2.39. The standard InChI is InChI=1S/C29H34N2O5S/c1-16-9-11-20(12-10-16)22-18(3)24-25-21(17(2)13-14-30-25)15-31(37(8,34)35)26(24)19(4)23(22)27(28(32)33)36-29(5,6)7/h9-14,27H,15H2,1-8H3,(H,32,33)/t27-/m0/s1. The number of fused-ring (bicyclic) bond motifs is 3. The summed E-state index contributed by atoms with van der Waals surface area (Å²) in [5.74, 6) is -1.14. The number of ether oxygens (including phenoxy) is 1. The molecule has 7 nitrogen and oxygen atoms in total. The normalized spacial score (nSPS) is 14.2. The first-order valence-corrected chi connectivity index (χ1v) is 14.0. The molecule has 0 unspecified atom stereocenters. The van der Waals surface area contributed by atoms with Crippen molar-refractivity contribution < 1.29 is 23.1 Å². The molecule has 0 saturated heterocycles. The van der Waals surface area contributed by atoms with Crippen molar-refractivity contribution in [1.82, 2.24) is 4.98 Å². The summed E-state index contributed by atoms with van der Waals surface area (Å²) in [6.07, 6.45) is 1.59. The van der Waals surface area contributed by atoms with Crippen molar-refractivity contribution >= 4 is 21.7 Å². The number of carboxylic acids is 1. The quantitative estimate of drug-likeness (QED) is 0.450. The number of nitrogens with zero attached hydrogens (tertiary/aromatic N) is 2. The lowest BCUT2D eigenvalue weighted by molar-refractivity contribution is -0.160. The molecule has 4 rings (SSSR count). The van der Waals surface area contributed by atoms with E-state index in [0.29, 0.717) is 22.4 Å². The van der Waals surface area contributed by atoms with E-state index >= 15 is 0 Å². The van der Waals surface area contributed by atoms with Crippen LogP contribution >= 0.6 is 0 Å². The molecule has 0 saturated carbocycles. The van der Waals surface area contributed by atoms with Crippen LogP contribution in [-0.4, -0.2) is 36.3 Å². The maximum atomic E-state index is 13.1. The summed E-state index contributed by atoms with van der Waals surface area (Å²) in [6, 6.07) is 9.76. The van der Waals surface area contributed by atoms with E-state index in [2.05, 4.69) is 4.98 Å². The number of aliphatic carboxylic acids is 1. The summed E-state index contributed by atoms with van der Waals surface area (Å²) in [4.78, 5) is 17.4. The number of benzene rings is 2. The first-order valence-electron chi connectivity index (χ1n) is 12.2. The number of aromatic nitrogens is 1. The van der Waals surface area contributed by atoms with Crippen LogP contribution in [0.4, 0.5) is 5.69 Å². The number of hydrogen-bond donors (Lipinski definition) is 1. The number of pyridine rings is 1. The largest absolute Gasteiger partial charge is 0.479 e. The zero-order chi connectivity index (χ0) is 27.4. The van der Waals surface area contributed by atoms with Gasteiger partial charge in [0.05, 0.1) is 29.8 Å². The van der Waals surface area contributed by atoms with E-state index in [0.717, 1.165) is 39.1 Å². The van der Waals surface area contributed by atoms with Crippen molar-refractivity contribution in [3.05, 3.63) is 69.9 Å². The molecule has 37 heavy (non-hydrogen) atoms. The van der Waals surface area contributed by atoms with E-state index in [1.165, 1.54) is 10.6 Å². The molecular formula is C29H34N2O5S. The zero-order valence-corrected chi connectivity index (χ0v) is 23.4. The molecule has 1 aliphatic heterocycles. The third-order valence-corrected chi connectivity index (χ3v) is 7.90. The SMILES string of the molecule is Cc1ccc(-c2c(C)c3c(c(C)c2[C@H](OC(C)(C)C)C(=O)O)N(S(C)(=O)=O)Cc2c(C)ccnc2-3)cc1.